The van der Waals surface area contributed by atoms with Crippen molar-refractivity contribution >= 4 is 16.9 Å². The van der Waals surface area contributed by atoms with Gasteiger partial charge in [-0.15, -0.1) is 0 Å². The molecule has 0 unspecified atom stereocenters. The van der Waals surface area contributed by atoms with Gasteiger partial charge in [0.1, 0.15) is 18.1 Å². The fourth-order valence-electron chi connectivity index (χ4n) is 2.21. The van der Waals surface area contributed by atoms with E-state index in [2.05, 4.69) is 4.98 Å². The molecule has 4 heteroatoms. The summed E-state index contributed by atoms with van der Waals surface area (Å²) in [5.41, 5.74) is 2.36. The highest BCUT2D eigenvalue weighted by Crippen LogP contribution is 2.27. The first-order valence-electron chi connectivity index (χ1n) is 7.64. The molecule has 0 aliphatic rings. The Morgan fingerprint density at radius 2 is 1.78 bits per heavy atom. The molecule has 120 valence electrons. The van der Waals surface area contributed by atoms with E-state index in [0.717, 1.165) is 22.2 Å². The Hall–Kier alpha value is -2.75. The number of carbonyl (C=O) groups excluding carboxylic acids is 1. The van der Waals surface area contributed by atoms with Crippen molar-refractivity contribution in [3.05, 3.63) is 65.9 Å². The van der Waals surface area contributed by atoms with Gasteiger partial charge in [0.05, 0.1) is 7.11 Å². The van der Waals surface area contributed by atoms with Crippen LogP contribution in [0.1, 0.15) is 29.9 Å². The number of rotatable bonds is 4. The minimum absolute atomic E-state index is 0.389. The molecule has 0 aliphatic carbocycles. The maximum absolute atomic E-state index is 11.6. The molecule has 0 spiro atoms. The SMILES string of the molecule is CC.COC(=O)c1cc2c(OCc3ccccc3)cccc2[nH]1. The van der Waals surface area contributed by atoms with Crippen LogP contribution >= 0.6 is 0 Å². The van der Waals surface area contributed by atoms with E-state index in [0.29, 0.717) is 12.3 Å². The number of ether oxygens (including phenoxy) is 2. The summed E-state index contributed by atoms with van der Waals surface area (Å²) >= 11 is 0. The van der Waals surface area contributed by atoms with Gasteiger partial charge in [0.25, 0.3) is 0 Å². The highest BCUT2D eigenvalue weighted by atomic mass is 16.5. The van der Waals surface area contributed by atoms with Crippen molar-refractivity contribution in [1.29, 1.82) is 0 Å². The van der Waals surface area contributed by atoms with Crippen LogP contribution in [0.25, 0.3) is 10.9 Å². The molecule has 1 N–H and O–H groups in total. The Bertz CT molecular complexity index is 763. The number of methoxy groups -OCH3 is 1. The highest BCUT2D eigenvalue weighted by molar-refractivity contribution is 5.97. The number of carbonyl (C=O) groups is 1. The van der Waals surface area contributed by atoms with Crippen LogP contribution in [0.2, 0.25) is 0 Å². The molecule has 4 nitrogen and oxygen atoms in total. The Labute approximate surface area is 136 Å². The quantitative estimate of drug-likeness (QED) is 0.719. The normalized spacial score (nSPS) is 9.87. The van der Waals surface area contributed by atoms with Crippen LogP contribution in [0.3, 0.4) is 0 Å². The molecule has 1 heterocycles. The molecule has 0 amide bonds. The van der Waals surface area contributed by atoms with Crippen molar-refractivity contribution < 1.29 is 14.3 Å². The van der Waals surface area contributed by atoms with Gasteiger partial charge in [-0.3, -0.25) is 0 Å². The van der Waals surface area contributed by atoms with Crippen molar-refractivity contribution in [1.82, 2.24) is 4.98 Å². The molecule has 0 radical (unpaired) electrons. The van der Waals surface area contributed by atoms with Gasteiger partial charge in [-0.1, -0.05) is 50.2 Å². The number of aromatic amines is 1. The largest absolute Gasteiger partial charge is 0.488 e. The molecule has 1 aromatic heterocycles. The number of esters is 1. The van der Waals surface area contributed by atoms with Crippen LogP contribution in [0.15, 0.2) is 54.6 Å². The summed E-state index contributed by atoms with van der Waals surface area (Å²) in [7, 11) is 1.36. The maximum atomic E-state index is 11.6. The summed E-state index contributed by atoms with van der Waals surface area (Å²) in [6.45, 7) is 4.48. The number of H-pyrrole nitrogens is 1. The summed E-state index contributed by atoms with van der Waals surface area (Å²) in [5, 5.41) is 0.869. The van der Waals surface area contributed by atoms with Crippen LogP contribution < -0.4 is 4.74 Å². The third-order valence-electron chi connectivity index (χ3n) is 3.27. The molecule has 0 bridgehead atoms. The number of hydrogen-bond donors (Lipinski definition) is 1. The lowest BCUT2D eigenvalue weighted by Gasteiger charge is -2.07. The number of hydrogen-bond acceptors (Lipinski definition) is 3. The molecule has 0 aliphatic heterocycles. The van der Waals surface area contributed by atoms with Crippen LogP contribution in [-0.2, 0) is 11.3 Å². The second-order valence-corrected chi connectivity index (χ2v) is 4.67. The van der Waals surface area contributed by atoms with Gasteiger partial charge in [0.15, 0.2) is 0 Å². The smallest absolute Gasteiger partial charge is 0.354 e. The lowest BCUT2D eigenvalue weighted by Crippen LogP contribution is -2.00. The Kier molecular flexibility index (Phi) is 5.80. The lowest BCUT2D eigenvalue weighted by atomic mass is 10.2. The van der Waals surface area contributed by atoms with E-state index in [1.807, 2.05) is 62.4 Å². The van der Waals surface area contributed by atoms with Crippen LogP contribution in [-0.4, -0.2) is 18.1 Å². The van der Waals surface area contributed by atoms with Gasteiger partial charge >= 0.3 is 5.97 Å². The summed E-state index contributed by atoms with van der Waals surface area (Å²) in [6.07, 6.45) is 0. The van der Waals surface area contributed by atoms with Crippen molar-refractivity contribution in [2.24, 2.45) is 0 Å². The fraction of sp³-hybridized carbons (Fsp3) is 0.211. The average Bonchev–Trinajstić information content (AvgIpc) is 3.06. The zero-order valence-electron chi connectivity index (χ0n) is 13.6. The van der Waals surface area contributed by atoms with Gasteiger partial charge < -0.3 is 14.5 Å². The molecular formula is C19H21NO3. The summed E-state index contributed by atoms with van der Waals surface area (Å²) in [4.78, 5) is 14.6. The van der Waals surface area contributed by atoms with E-state index in [9.17, 15) is 4.79 Å². The molecule has 0 atom stereocenters. The maximum Gasteiger partial charge on any atom is 0.354 e. The van der Waals surface area contributed by atoms with Gasteiger partial charge in [-0.2, -0.15) is 0 Å². The molecule has 0 saturated heterocycles. The predicted octanol–water partition coefficient (Wildman–Crippen LogP) is 4.56. The van der Waals surface area contributed by atoms with E-state index in [1.165, 1.54) is 7.11 Å². The molecule has 0 saturated carbocycles. The van der Waals surface area contributed by atoms with Gasteiger partial charge in [0.2, 0.25) is 0 Å². The van der Waals surface area contributed by atoms with E-state index in [-0.39, 0.29) is 5.97 Å². The number of fused-ring (bicyclic) bond motifs is 1. The summed E-state index contributed by atoms with van der Waals surface area (Å²) in [5.74, 6) is 0.350. The van der Waals surface area contributed by atoms with Crippen LogP contribution in [0.5, 0.6) is 5.75 Å². The highest BCUT2D eigenvalue weighted by Gasteiger charge is 2.12. The van der Waals surface area contributed by atoms with Crippen LogP contribution in [0, 0.1) is 0 Å². The fourth-order valence-corrected chi connectivity index (χ4v) is 2.21. The Morgan fingerprint density at radius 1 is 1.04 bits per heavy atom. The third kappa shape index (κ3) is 3.92. The Balaban J connectivity index is 0.000000924. The molecule has 3 rings (SSSR count). The second kappa shape index (κ2) is 8.03. The summed E-state index contributed by atoms with van der Waals surface area (Å²) < 4.78 is 10.6. The number of benzene rings is 2. The summed E-state index contributed by atoms with van der Waals surface area (Å²) in [6, 6.07) is 17.4. The number of aromatic nitrogens is 1. The monoisotopic (exact) mass is 311 g/mol. The molecular weight excluding hydrogens is 290 g/mol. The van der Waals surface area contributed by atoms with Crippen molar-refractivity contribution in [2.75, 3.05) is 7.11 Å². The second-order valence-electron chi connectivity index (χ2n) is 4.67. The van der Waals surface area contributed by atoms with Crippen molar-refractivity contribution in [2.45, 2.75) is 20.5 Å². The van der Waals surface area contributed by atoms with Gasteiger partial charge in [0, 0.05) is 10.9 Å². The van der Waals surface area contributed by atoms with E-state index >= 15 is 0 Å². The first-order chi connectivity index (χ1) is 11.3. The first-order valence-corrected chi connectivity index (χ1v) is 7.64. The molecule has 3 aromatic rings. The van der Waals surface area contributed by atoms with E-state index in [4.69, 9.17) is 9.47 Å². The zero-order chi connectivity index (χ0) is 16.7. The molecule has 23 heavy (non-hydrogen) atoms. The topological polar surface area (TPSA) is 51.3 Å². The Morgan fingerprint density at radius 3 is 2.48 bits per heavy atom. The molecule has 2 aromatic carbocycles. The lowest BCUT2D eigenvalue weighted by molar-refractivity contribution is 0.0595. The minimum Gasteiger partial charge on any atom is -0.488 e. The first kappa shape index (κ1) is 16.6. The van der Waals surface area contributed by atoms with Gasteiger partial charge in [-0.25, -0.2) is 4.79 Å². The minimum atomic E-state index is -0.389. The standard InChI is InChI=1S/C17H15NO3.C2H6/c1-20-17(19)15-10-13-14(18-15)8-5-9-16(13)21-11-12-6-3-2-4-7-12;1-2/h2-10,18H,11H2,1H3;1-2H3. The third-order valence-corrected chi connectivity index (χ3v) is 3.27. The van der Waals surface area contributed by atoms with Crippen LogP contribution in [0.4, 0.5) is 0 Å². The van der Waals surface area contributed by atoms with Gasteiger partial charge in [-0.05, 0) is 23.8 Å². The number of nitrogens with one attached hydrogen (secondary N) is 1. The average molecular weight is 311 g/mol. The van der Waals surface area contributed by atoms with Crippen molar-refractivity contribution in [3.63, 3.8) is 0 Å². The van der Waals surface area contributed by atoms with E-state index < -0.39 is 0 Å². The molecule has 0 fully saturated rings. The predicted molar refractivity (Wildman–Crippen MR) is 91.8 cm³/mol. The van der Waals surface area contributed by atoms with E-state index in [1.54, 1.807) is 6.07 Å². The zero-order valence-corrected chi connectivity index (χ0v) is 13.6. The van der Waals surface area contributed by atoms with Crippen molar-refractivity contribution in [3.8, 4) is 5.75 Å².